The summed E-state index contributed by atoms with van der Waals surface area (Å²) in [5.74, 6) is -3.77. The second-order valence-electron chi connectivity index (χ2n) is 6.04. The maximum absolute atomic E-state index is 14.4. The Kier molecular flexibility index (Phi) is 5.26. The fraction of sp³-hybridized carbons (Fsp3) is 0.190. The molecule has 1 aliphatic rings. The zero-order valence-corrected chi connectivity index (χ0v) is 14.1. The molecule has 0 spiro atoms. The van der Waals surface area contributed by atoms with Gasteiger partial charge >= 0.3 is 5.97 Å². The maximum atomic E-state index is 14.4. The van der Waals surface area contributed by atoms with Gasteiger partial charge in [0.25, 0.3) is 0 Å². The summed E-state index contributed by atoms with van der Waals surface area (Å²) in [5, 5.41) is 0. The van der Waals surface area contributed by atoms with Crippen molar-refractivity contribution in [1.29, 1.82) is 0 Å². The number of hydrogen-bond donors (Lipinski definition) is 0. The molecule has 0 bridgehead atoms. The van der Waals surface area contributed by atoms with E-state index >= 15 is 0 Å². The van der Waals surface area contributed by atoms with Crippen LogP contribution in [0.15, 0.2) is 60.2 Å². The number of hydrogen-bond acceptors (Lipinski definition) is 2. The van der Waals surface area contributed by atoms with E-state index in [1.807, 2.05) is 25.2 Å². The van der Waals surface area contributed by atoms with Crippen LogP contribution in [0.5, 0.6) is 5.75 Å². The van der Waals surface area contributed by atoms with Gasteiger partial charge in [0.1, 0.15) is 28.8 Å². The van der Waals surface area contributed by atoms with Crippen molar-refractivity contribution in [3.05, 3.63) is 88.8 Å². The van der Waals surface area contributed by atoms with Gasteiger partial charge in [-0.3, -0.25) is 0 Å². The van der Waals surface area contributed by atoms with E-state index in [2.05, 4.69) is 0 Å². The molecule has 0 saturated heterocycles. The van der Waals surface area contributed by atoms with Crippen LogP contribution in [0.1, 0.15) is 41.6 Å². The van der Waals surface area contributed by atoms with Crippen molar-refractivity contribution in [3.63, 3.8) is 0 Å². The van der Waals surface area contributed by atoms with Crippen LogP contribution in [-0.2, 0) is 0 Å². The summed E-state index contributed by atoms with van der Waals surface area (Å²) in [6.07, 6.45) is 7.44. The van der Waals surface area contributed by atoms with Crippen molar-refractivity contribution in [1.82, 2.24) is 0 Å². The first-order valence-electron chi connectivity index (χ1n) is 8.32. The highest BCUT2D eigenvalue weighted by molar-refractivity contribution is 5.91. The standard InChI is InChI=1S/C21H17F3O2/c1-2-13-3-5-14(6-4-13)15-11-18(23)20(19(24)12-15)21(25)26-17-9-7-16(22)8-10-17/h3-5,7-12,14H,2,6H2,1H3. The largest absolute Gasteiger partial charge is 0.423 e. The van der Waals surface area contributed by atoms with Crippen LogP contribution in [0, 0.1) is 17.5 Å². The van der Waals surface area contributed by atoms with Crippen molar-refractivity contribution in [2.24, 2.45) is 0 Å². The molecule has 26 heavy (non-hydrogen) atoms. The maximum Gasteiger partial charge on any atom is 0.349 e. The van der Waals surface area contributed by atoms with Crippen LogP contribution in [-0.4, -0.2) is 5.97 Å². The van der Waals surface area contributed by atoms with E-state index in [4.69, 9.17) is 4.74 Å². The lowest BCUT2D eigenvalue weighted by molar-refractivity contribution is 0.0724. The number of halogens is 3. The van der Waals surface area contributed by atoms with E-state index in [1.54, 1.807) is 0 Å². The fourth-order valence-electron chi connectivity index (χ4n) is 2.84. The molecular formula is C21H17F3O2. The van der Waals surface area contributed by atoms with E-state index < -0.39 is 29.0 Å². The third kappa shape index (κ3) is 3.87. The van der Waals surface area contributed by atoms with Crippen molar-refractivity contribution >= 4 is 5.97 Å². The first kappa shape index (κ1) is 18.0. The zero-order chi connectivity index (χ0) is 18.7. The number of carbonyl (C=O) groups is 1. The molecule has 1 aliphatic carbocycles. The molecule has 2 nitrogen and oxygen atoms in total. The van der Waals surface area contributed by atoms with Gasteiger partial charge in [-0.2, -0.15) is 0 Å². The van der Waals surface area contributed by atoms with E-state index in [0.29, 0.717) is 12.0 Å². The number of rotatable bonds is 4. The minimum Gasteiger partial charge on any atom is -0.423 e. The first-order chi connectivity index (χ1) is 12.5. The lowest BCUT2D eigenvalue weighted by Crippen LogP contribution is -2.14. The highest BCUT2D eigenvalue weighted by Crippen LogP contribution is 2.30. The molecule has 0 N–H and O–H groups in total. The molecule has 0 aliphatic heterocycles. The number of allylic oxidation sites excluding steroid dienone is 4. The Hall–Kier alpha value is -2.82. The minimum absolute atomic E-state index is 0.00622. The first-order valence-corrected chi connectivity index (χ1v) is 8.32. The monoisotopic (exact) mass is 358 g/mol. The normalized spacial score (nSPS) is 16.3. The van der Waals surface area contributed by atoms with Crippen LogP contribution < -0.4 is 4.74 Å². The second kappa shape index (κ2) is 7.60. The summed E-state index contributed by atoms with van der Waals surface area (Å²) >= 11 is 0. The predicted octanol–water partition coefficient (Wildman–Crippen LogP) is 5.70. The summed E-state index contributed by atoms with van der Waals surface area (Å²) in [6, 6.07) is 6.91. The van der Waals surface area contributed by atoms with Gasteiger partial charge in [-0.05, 0) is 54.8 Å². The fourth-order valence-corrected chi connectivity index (χ4v) is 2.84. The molecule has 0 saturated carbocycles. The number of esters is 1. The summed E-state index contributed by atoms with van der Waals surface area (Å²) in [5.41, 5.74) is 0.880. The van der Waals surface area contributed by atoms with E-state index in [-0.39, 0.29) is 11.7 Å². The van der Waals surface area contributed by atoms with Crippen LogP contribution in [0.2, 0.25) is 0 Å². The molecule has 2 aromatic rings. The van der Waals surface area contributed by atoms with Crippen molar-refractivity contribution in [3.8, 4) is 5.75 Å². The smallest absolute Gasteiger partial charge is 0.349 e. The van der Waals surface area contributed by atoms with E-state index in [1.165, 1.54) is 17.7 Å². The second-order valence-corrected chi connectivity index (χ2v) is 6.04. The van der Waals surface area contributed by atoms with Gasteiger partial charge in [-0.15, -0.1) is 0 Å². The predicted molar refractivity (Wildman–Crippen MR) is 92.6 cm³/mol. The summed E-state index contributed by atoms with van der Waals surface area (Å²) in [7, 11) is 0. The molecule has 2 aromatic carbocycles. The van der Waals surface area contributed by atoms with Crippen LogP contribution >= 0.6 is 0 Å². The molecule has 0 radical (unpaired) electrons. The summed E-state index contributed by atoms with van der Waals surface area (Å²) < 4.78 is 46.6. The van der Waals surface area contributed by atoms with Gasteiger partial charge in [-0.1, -0.05) is 30.7 Å². The highest BCUT2D eigenvalue weighted by atomic mass is 19.1. The van der Waals surface area contributed by atoms with Crippen LogP contribution in [0.3, 0.4) is 0 Å². The number of carbonyl (C=O) groups excluding carboxylic acids is 1. The van der Waals surface area contributed by atoms with Gasteiger partial charge in [0, 0.05) is 5.92 Å². The Balaban J connectivity index is 1.81. The topological polar surface area (TPSA) is 26.3 Å². The van der Waals surface area contributed by atoms with Crippen LogP contribution in [0.4, 0.5) is 13.2 Å². The Morgan fingerprint density at radius 1 is 1.12 bits per heavy atom. The molecule has 1 atom stereocenters. The average molecular weight is 358 g/mol. The van der Waals surface area contributed by atoms with Gasteiger partial charge in [-0.25, -0.2) is 18.0 Å². The van der Waals surface area contributed by atoms with Crippen molar-refractivity contribution < 1.29 is 22.7 Å². The zero-order valence-electron chi connectivity index (χ0n) is 14.1. The molecule has 0 aromatic heterocycles. The molecular weight excluding hydrogens is 341 g/mol. The highest BCUT2D eigenvalue weighted by Gasteiger charge is 2.23. The number of ether oxygens (including phenoxy) is 1. The summed E-state index contributed by atoms with van der Waals surface area (Å²) in [4.78, 5) is 12.1. The lowest BCUT2D eigenvalue weighted by atomic mass is 9.89. The molecule has 1 unspecified atom stereocenters. The van der Waals surface area contributed by atoms with Crippen molar-refractivity contribution in [2.75, 3.05) is 0 Å². The number of benzene rings is 2. The average Bonchev–Trinajstić information content (AvgIpc) is 2.63. The van der Waals surface area contributed by atoms with Crippen LogP contribution in [0.25, 0.3) is 0 Å². The Labute approximate surface area is 149 Å². The SMILES string of the molecule is CCC1=CCC(c2cc(F)c(C(=O)Oc3ccc(F)cc3)c(F)c2)C=C1. The van der Waals surface area contributed by atoms with E-state index in [0.717, 1.165) is 30.7 Å². The lowest BCUT2D eigenvalue weighted by Gasteiger charge is -2.17. The third-order valence-corrected chi connectivity index (χ3v) is 4.31. The molecule has 0 heterocycles. The van der Waals surface area contributed by atoms with Gasteiger partial charge in [0.2, 0.25) is 0 Å². The Morgan fingerprint density at radius 3 is 2.31 bits per heavy atom. The Bertz CT molecular complexity index is 860. The van der Waals surface area contributed by atoms with Gasteiger partial charge in [0.05, 0.1) is 0 Å². The van der Waals surface area contributed by atoms with Gasteiger partial charge in [0.15, 0.2) is 0 Å². The minimum atomic E-state index is -1.16. The quantitative estimate of drug-likeness (QED) is 0.517. The Morgan fingerprint density at radius 2 is 1.77 bits per heavy atom. The van der Waals surface area contributed by atoms with E-state index in [9.17, 15) is 18.0 Å². The molecule has 0 fully saturated rings. The molecule has 3 rings (SSSR count). The summed E-state index contributed by atoms with van der Waals surface area (Å²) in [6.45, 7) is 2.04. The molecule has 5 heteroatoms. The molecule has 134 valence electrons. The molecule has 0 amide bonds. The third-order valence-electron chi connectivity index (χ3n) is 4.31. The van der Waals surface area contributed by atoms with Crippen molar-refractivity contribution in [2.45, 2.75) is 25.7 Å². The van der Waals surface area contributed by atoms with Gasteiger partial charge < -0.3 is 4.74 Å².